The topological polar surface area (TPSA) is 9.23 Å². The fraction of sp³-hybridized carbons (Fsp3) is 0.571. The van der Waals surface area contributed by atoms with E-state index in [-0.39, 0.29) is 0 Å². The van der Waals surface area contributed by atoms with Crippen molar-refractivity contribution >= 4 is 0 Å². The SMILES string of the molecule is CCC(CC)OCCCc1ccccc1. The lowest BCUT2D eigenvalue weighted by molar-refractivity contribution is 0.0469. The van der Waals surface area contributed by atoms with Crippen molar-refractivity contribution in [2.24, 2.45) is 0 Å². The van der Waals surface area contributed by atoms with Gasteiger partial charge in [0.05, 0.1) is 6.10 Å². The highest BCUT2D eigenvalue weighted by Gasteiger charge is 2.02. The summed E-state index contributed by atoms with van der Waals surface area (Å²) in [4.78, 5) is 0. The number of rotatable bonds is 7. The first kappa shape index (κ1) is 12.3. The Kier molecular flexibility index (Phi) is 6.10. The fourth-order valence-electron chi connectivity index (χ4n) is 1.70. The molecule has 0 saturated carbocycles. The molecule has 0 atom stereocenters. The van der Waals surface area contributed by atoms with Crippen LogP contribution < -0.4 is 0 Å². The molecule has 0 unspecified atom stereocenters. The van der Waals surface area contributed by atoms with E-state index in [9.17, 15) is 0 Å². The van der Waals surface area contributed by atoms with Crippen molar-refractivity contribution in [1.29, 1.82) is 0 Å². The summed E-state index contributed by atoms with van der Waals surface area (Å²) in [5, 5.41) is 0. The lowest BCUT2D eigenvalue weighted by Gasteiger charge is -2.13. The van der Waals surface area contributed by atoms with Gasteiger partial charge < -0.3 is 4.74 Å². The first-order valence-electron chi connectivity index (χ1n) is 6.02. The zero-order chi connectivity index (χ0) is 10.9. The minimum atomic E-state index is 0.459. The predicted molar refractivity (Wildman–Crippen MR) is 65.1 cm³/mol. The van der Waals surface area contributed by atoms with Crippen LogP contribution in [-0.2, 0) is 11.2 Å². The second-order valence-electron chi connectivity index (χ2n) is 3.90. The molecule has 0 amide bonds. The van der Waals surface area contributed by atoms with Gasteiger partial charge in [0.15, 0.2) is 0 Å². The molecule has 0 fully saturated rings. The summed E-state index contributed by atoms with van der Waals surface area (Å²) in [7, 11) is 0. The minimum absolute atomic E-state index is 0.459. The van der Waals surface area contributed by atoms with Gasteiger partial charge in [-0.2, -0.15) is 0 Å². The molecule has 0 spiro atoms. The molecule has 0 radical (unpaired) electrons. The van der Waals surface area contributed by atoms with Crippen molar-refractivity contribution < 1.29 is 4.74 Å². The van der Waals surface area contributed by atoms with E-state index in [1.54, 1.807) is 0 Å². The van der Waals surface area contributed by atoms with Crippen molar-refractivity contribution in [3.05, 3.63) is 35.9 Å². The third kappa shape index (κ3) is 4.98. The van der Waals surface area contributed by atoms with Crippen LogP contribution in [0.1, 0.15) is 38.7 Å². The first-order valence-corrected chi connectivity index (χ1v) is 6.02. The summed E-state index contributed by atoms with van der Waals surface area (Å²) in [6.45, 7) is 5.26. The van der Waals surface area contributed by atoms with Crippen LogP contribution in [0, 0.1) is 0 Å². The van der Waals surface area contributed by atoms with Crippen LogP contribution in [0.4, 0.5) is 0 Å². The number of ether oxygens (including phenoxy) is 1. The van der Waals surface area contributed by atoms with Crippen LogP contribution in [0.25, 0.3) is 0 Å². The maximum absolute atomic E-state index is 5.76. The molecule has 0 saturated heterocycles. The predicted octanol–water partition coefficient (Wildman–Crippen LogP) is 3.82. The third-order valence-electron chi connectivity index (χ3n) is 2.72. The molecule has 0 bridgehead atoms. The molecule has 1 heteroatoms. The minimum Gasteiger partial charge on any atom is -0.378 e. The van der Waals surface area contributed by atoms with Crippen LogP contribution in [-0.4, -0.2) is 12.7 Å². The first-order chi connectivity index (χ1) is 7.36. The van der Waals surface area contributed by atoms with Crippen LogP contribution in [0.2, 0.25) is 0 Å². The van der Waals surface area contributed by atoms with E-state index in [0.717, 1.165) is 32.3 Å². The lowest BCUT2D eigenvalue weighted by atomic mass is 10.1. The zero-order valence-electron chi connectivity index (χ0n) is 9.91. The molecule has 84 valence electrons. The van der Waals surface area contributed by atoms with E-state index < -0.39 is 0 Å². The largest absolute Gasteiger partial charge is 0.378 e. The van der Waals surface area contributed by atoms with E-state index in [1.807, 2.05) is 0 Å². The Morgan fingerprint density at radius 2 is 1.73 bits per heavy atom. The van der Waals surface area contributed by atoms with Gasteiger partial charge in [0.25, 0.3) is 0 Å². The zero-order valence-corrected chi connectivity index (χ0v) is 9.91. The quantitative estimate of drug-likeness (QED) is 0.616. The number of hydrogen-bond acceptors (Lipinski definition) is 1. The van der Waals surface area contributed by atoms with Gasteiger partial charge >= 0.3 is 0 Å². The molecular formula is C14H22O. The van der Waals surface area contributed by atoms with E-state index in [0.29, 0.717) is 6.10 Å². The summed E-state index contributed by atoms with van der Waals surface area (Å²) >= 11 is 0. The summed E-state index contributed by atoms with van der Waals surface area (Å²) in [6.07, 6.45) is 4.96. The maximum Gasteiger partial charge on any atom is 0.0569 e. The van der Waals surface area contributed by atoms with Gasteiger partial charge in [0.1, 0.15) is 0 Å². The van der Waals surface area contributed by atoms with Crippen molar-refractivity contribution in [3.63, 3.8) is 0 Å². The summed E-state index contributed by atoms with van der Waals surface area (Å²) in [5.74, 6) is 0. The van der Waals surface area contributed by atoms with Gasteiger partial charge in [0, 0.05) is 6.61 Å². The highest BCUT2D eigenvalue weighted by atomic mass is 16.5. The normalized spacial score (nSPS) is 10.9. The molecule has 0 aliphatic rings. The molecule has 0 heterocycles. The molecule has 1 rings (SSSR count). The molecule has 0 aliphatic carbocycles. The van der Waals surface area contributed by atoms with E-state index in [2.05, 4.69) is 44.2 Å². The monoisotopic (exact) mass is 206 g/mol. The van der Waals surface area contributed by atoms with Gasteiger partial charge in [-0.1, -0.05) is 44.2 Å². The average Bonchev–Trinajstić information content (AvgIpc) is 2.31. The second kappa shape index (κ2) is 7.47. The average molecular weight is 206 g/mol. The molecule has 0 aromatic heterocycles. The number of benzene rings is 1. The van der Waals surface area contributed by atoms with Gasteiger partial charge in [0.2, 0.25) is 0 Å². The molecule has 0 N–H and O–H groups in total. The third-order valence-corrected chi connectivity index (χ3v) is 2.72. The van der Waals surface area contributed by atoms with Crippen molar-refractivity contribution in [1.82, 2.24) is 0 Å². The van der Waals surface area contributed by atoms with E-state index in [4.69, 9.17) is 4.74 Å². The van der Waals surface area contributed by atoms with Crippen LogP contribution in [0.5, 0.6) is 0 Å². The Morgan fingerprint density at radius 1 is 1.07 bits per heavy atom. The lowest BCUT2D eigenvalue weighted by Crippen LogP contribution is -2.11. The highest BCUT2D eigenvalue weighted by molar-refractivity contribution is 5.14. The fourth-order valence-corrected chi connectivity index (χ4v) is 1.70. The van der Waals surface area contributed by atoms with Gasteiger partial charge in [-0.25, -0.2) is 0 Å². The van der Waals surface area contributed by atoms with Crippen LogP contribution >= 0.6 is 0 Å². The number of hydrogen-bond donors (Lipinski definition) is 0. The molecule has 15 heavy (non-hydrogen) atoms. The maximum atomic E-state index is 5.76. The Hall–Kier alpha value is -0.820. The van der Waals surface area contributed by atoms with Gasteiger partial charge in [-0.15, -0.1) is 0 Å². The van der Waals surface area contributed by atoms with Gasteiger partial charge in [-0.3, -0.25) is 0 Å². The van der Waals surface area contributed by atoms with Crippen molar-refractivity contribution in [3.8, 4) is 0 Å². The summed E-state index contributed by atoms with van der Waals surface area (Å²) in [5.41, 5.74) is 1.41. The molecule has 1 nitrogen and oxygen atoms in total. The van der Waals surface area contributed by atoms with Crippen LogP contribution in [0.3, 0.4) is 0 Å². The van der Waals surface area contributed by atoms with E-state index in [1.165, 1.54) is 5.56 Å². The molecular weight excluding hydrogens is 184 g/mol. The van der Waals surface area contributed by atoms with Crippen molar-refractivity contribution in [2.45, 2.75) is 45.6 Å². The van der Waals surface area contributed by atoms with Gasteiger partial charge in [-0.05, 0) is 31.2 Å². The Labute approximate surface area is 93.5 Å². The Bertz CT molecular complexity index is 239. The highest BCUT2D eigenvalue weighted by Crippen LogP contribution is 2.06. The number of aryl methyl sites for hydroxylation is 1. The standard InChI is InChI=1S/C14H22O/c1-3-14(4-2)15-12-8-11-13-9-6-5-7-10-13/h5-7,9-10,14H,3-4,8,11-12H2,1-2H3. The second-order valence-corrected chi connectivity index (χ2v) is 3.90. The Balaban J connectivity index is 2.12. The summed E-state index contributed by atoms with van der Waals surface area (Å²) < 4.78 is 5.76. The smallest absolute Gasteiger partial charge is 0.0569 e. The van der Waals surface area contributed by atoms with Crippen LogP contribution in [0.15, 0.2) is 30.3 Å². The summed E-state index contributed by atoms with van der Waals surface area (Å²) in [6, 6.07) is 10.6. The Morgan fingerprint density at radius 3 is 2.33 bits per heavy atom. The molecule has 1 aromatic carbocycles. The van der Waals surface area contributed by atoms with E-state index >= 15 is 0 Å². The molecule has 0 aliphatic heterocycles. The van der Waals surface area contributed by atoms with Crippen molar-refractivity contribution in [2.75, 3.05) is 6.61 Å². The molecule has 1 aromatic rings.